The largest absolute Gasteiger partial charge is 0.494 e. The zero-order valence-electron chi connectivity index (χ0n) is 14.4. The monoisotopic (exact) mass is 319 g/mol. The van der Waals surface area contributed by atoms with Crippen molar-refractivity contribution in [2.24, 2.45) is 0 Å². The fourth-order valence-corrected chi connectivity index (χ4v) is 2.60. The molecule has 1 fully saturated rings. The van der Waals surface area contributed by atoms with Gasteiger partial charge in [-0.3, -0.25) is 9.69 Å². The van der Waals surface area contributed by atoms with Gasteiger partial charge in [-0.1, -0.05) is 6.07 Å². The number of nitrogens with one attached hydrogen (secondary N) is 2. The summed E-state index contributed by atoms with van der Waals surface area (Å²) in [6.07, 6.45) is 1.26. The molecule has 5 nitrogen and oxygen atoms in total. The van der Waals surface area contributed by atoms with E-state index < -0.39 is 0 Å². The van der Waals surface area contributed by atoms with Gasteiger partial charge in [-0.15, -0.1) is 0 Å². The first-order valence-electron chi connectivity index (χ1n) is 8.55. The van der Waals surface area contributed by atoms with E-state index in [4.69, 9.17) is 4.74 Å². The van der Waals surface area contributed by atoms with Crippen LogP contribution in [0.3, 0.4) is 0 Å². The topological polar surface area (TPSA) is 53.6 Å². The number of aryl methyl sites for hydroxylation is 2. The van der Waals surface area contributed by atoms with E-state index in [1.54, 1.807) is 0 Å². The molecule has 0 unspecified atom stereocenters. The number of hydrogen-bond donors (Lipinski definition) is 2. The number of ether oxygens (including phenoxy) is 1. The number of rotatable bonds is 8. The maximum Gasteiger partial charge on any atom is 0.220 e. The molecular formula is C18H29N3O2. The van der Waals surface area contributed by atoms with Gasteiger partial charge in [0.25, 0.3) is 0 Å². The maximum absolute atomic E-state index is 11.8. The zero-order valence-corrected chi connectivity index (χ0v) is 14.4. The first kappa shape index (κ1) is 17.8. The second-order valence-corrected chi connectivity index (χ2v) is 6.14. The van der Waals surface area contributed by atoms with Crippen molar-refractivity contribution in [3.05, 3.63) is 29.3 Å². The summed E-state index contributed by atoms with van der Waals surface area (Å²) in [5.74, 6) is 0.996. The summed E-state index contributed by atoms with van der Waals surface area (Å²) in [6, 6.07) is 6.09. The van der Waals surface area contributed by atoms with Crippen LogP contribution in [0.2, 0.25) is 0 Å². The van der Waals surface area contributed by atoms with Crippen molar-refractivity contribution in [1.82, 2.24) is 15.5 Å². The Morgan fingerprint density at radius 1 is 1.26 bits per heavy atom. The van der Waals surface area contributed by atoms with Crippen LogP contribution in [0, 0.1) is 13.8 Å². The SMILES string of the molecule is Cc1ccc(OCCCC(=O)NCCN2CCNCC2)cc1C. The lowest BCUT2D eigenvalue weighted by atomic mass is 10.1. The lowest BCUT2D eigenvalue weighted by molar-refractivity contribution is -0.121. The normalized spacial score (nSPS) is 15.4. The smallest absolute Gasteiger partial charge is 0.220 e. The van der Waals surface area contributed by atoms with Gasteiger partial charge < -0.3 is 15.4 Å². The van der Waals surface area contributed by atoms with E-state index in [0.717, 1.165) is 51.4 Å². The van der Waals surface area contributed by atoms with Crippen LogP contribution < -0.4 is 15.4 Å². The first-order chi connectivity index (χ1) is 11.1. The Kier molecular flexibility index (Phi) is 7.36. The summed E-state index contributed by atoms with van der Waals surface area (Å²) in [6.45, 7) is 10.6. The molecule has 0 radical (unpaired) electrons. The summed E-state index contributed by atoms with van der Waals surface area (Å²) in [5, 5.41) is 6.31. The minimum absolute atomic E-state index is 0.115. The van der Waals surface area contributed by atoms with Crippen LogP contribution in [0.25, 0.3) is 0 Å². The Labute approximate surface area is 139 Å². The van der Waals surface area contributed by atoms with E-state index in [2.05, 4.69) is 35.4 Å². The van der Waals surface area contributed by atoms with Crippen molar-refractivity contribution in [3.8, 4) is 5.75 Å². The number of piperazine rings is 1. The third kappa shape index (κ3) is 6.59. The zero-order chi connectivity index (χ0) is 16.5. The van der Waals surface area contributed by atoms with Crippen LogP contribution in [0.5, 0.6) is 5.75 Å². The lowest BCUT2D eigenvalue weighted by Crippen LogP contribution is -2.46. The Hall–Kier alpha value is -1.59. The molecule has 1 amide bonds. The molecule has 2 N–H and O–H groups in total. The molecule has 0 bridgehead atoms. The molecule has 2 rings (SSSR count). The molecule has 0 aromatic heterocycles. The Morgan fingerprint density at radius 3 is 2.78 bits per heavy atom. The molecule has 1 aliphatic rings. The third-order valence-electron chi connectivity index (χ3n) is 4.26. The Morgan fingerprint density at radius 2 is 2.04 bits per heavy atom. The Balaban J connectivity index is 1.53. The quantitative estimate of drug-likeness (QED) is 0.713. The van der Waals surface area contributed by atoms with Crippen molar-refractivity contribution in [1.29, 1.82) is 0 Å². The predicted molar refractivity (Wildman–Crippen MR) is 93.0 cm³/mol. The van der Waals surface area contributed by atoms with Gasteiger partial charge in [0.05, 0.1) is 6.61 Å². The standard InChI is InChI=1S/C18H29N3O2/c1-15-5-6-17(14-16(15)2)23-13-3-4-18(22)20-9-12-21-10-7-19-8-11-21/h5-6,14,19H,3-4,7-13H2,1-2H3,(H,20,22). The van der Waals surface area contributed by atoms with E-state index in [1.807, 2.05) is 12.1 Å². The fraction of sp³-hybridized carbons (Fsp3) is 0.611. The van der Waals surface area contributed by atoms with Gasteiger partial charge >= 0.3 is 0 Å². The molecule has 1 aromatic carbocycles. The second kappa shape index (κ2) is 9.53. The second-order valence-electron chi connectivity index (χ2n) is 6.14. The molecule has 0 atom stereocenters. The van der Waals surface area contributed by atoms with E-state index in [-0.39, 0.29) is 5.91 Å². The van der Waals surface area contributed by atoms with E-state index >= 15 is 0 Å². The van der Waals surface area contributed by atoms with Crippen molar-refractivity contribution < 1.29 is 9.53 Å². The summed E-state index contributed by atoms with van der Waals surface area (Å²) in [4.78, 5) is 14.2. The number of carbonyl (C=O) groups is 1. The van der Waals surface area contributed by atoms with Gasteiger partial charge in [0, 0.05) is 45.7 Å². The predicted octanol–water partition coefficient (Wildman–Crippen LogP) is 1.48. The highest BCUT2D eigenvalue weighted by Crippen LogP contribution is 2.16. The number of hydrogen-bond acceptors (Lipinski definition) is 4. The highest BCUT2D eigenvalue weighted by atomic mass is 16.5. The van der Waals surface area contributed by atoms with Crippen LogP contribution in [0.4, 0.5) is 0 Å². The summed E-state index contributed by atoms with van der Waals surface area (Å²) >= 11 is 0. The van der Waals surface area contributed by atoms with Gasteiger partial charge in [0.2, 0.25) is 5.91 Å². The summed E-state index contributed by atoms with van der Waals surface area (Å²) in [7, 11) is 0. The number of carbonyl (C=O) groups excluding carboxylic acids is 1. The summed E-state index contributed by atoms with van der Waals surface area (Å²) in [5.41, 5.74) is 2.49. The van der Waals surface area contributed by atoms with Crippen LogP contribution in [0.15, 0.2) is 18.2 Å². The molecule has 23 heavy (non-hydrogen) atoms. The van der Waals surface area contributed by atoms with E-state index in [1.165, 1.54) is 11.1 Å². The number of amides is 1. The average molecular weight is 319 g/mol. The summed E-state index contributed by atoms with van der Waals surface area (Å²) < 4.78 is 5.70. The van der Waals surface area contributed by atoms with E-state index in [9.17, 15) is 4.79 Å². The minimum Gasteiger partial charge on any atom is -0.494 e. The Bertz CT molecular complexity index is 499. The molecule has 128 valence electrons. The van der Waals surface area contributed by atoms with Crippen molar-refractivity contribution in [2.75, 3.05) is 45.9 Å². The highest BCUT2D eigenvalue weighted by molar-refractivity contribution is 5.75. The van der Waals surface area contributed by atoms with Crippen LogP contribution >= 0.6 is 0 Å². The molecule has 1 aromatic rings. The van der Waals surface area contributed by atoms with E-state index in [0.29, 0.717) is 13.0 Å². The molecule has 1 heterocycles. The van der Waals surface area contributed by atoms with Gasteiger partial charge in [-0.2, -0.15) is 0 Å². The van der Waals surface area contributed by atoms with Crippen molar-refractivity contribution in [3.63, 3.8) is 0 Å². The molecule has 5 heteroatoms. The average Bonchev–Trinajstić information content (AvgIpc) is 2.56. The van der Waals surface area contributed by atoms with Crippen LogP contribution in [-0.4, -0.2) is 56.7 Å². The molecule has 1 saturated heterocycles. The molecular weight excluding hydrogens is 290 g/mol. The molecule has 1 aliphatic heterocycles. The van der Waals surface area contributed by atoms with Crippen molar-refractivity contribution in [2.45, 2.75) is 26.7 Å². The third-order valence-corrected chi connectivity index (χ3v) is 4.26. The molecule has 0 spiro atoms. The van der Waals surface area contributed by atoms with Gasteiger partial charge in [0.15, 0.2) is 0 Å². The first-order valence-corrected chi connectivity index (χ1v) is 8.55. The number of benzene rings is 1. The van der Waals surface area contributed by atoms with Crippen LogP contribution in [0.1, 0.15) is 24.0 Å². The van der Waals surface area contributed by atoms with Crippen LogP contribution in [-0.2, 0) is 4.79 Å². The minimum atomic E-state index is 0.115. The lowest BCUT2D eigenvalue weighted by Gasteiger charge is -2.27. The maximum atomic E-state index is 11.8. The molecule has 0 aliphatic carbocycles. The number of nitrogens with zero attached hydrogens (tertiary/aromatic N) is 1. The van der Waals surface area contributed by atoms with Crippen molar-refractivity contribution >= 4 is 5.91 Å². The molecule has 0 saturated carbocycles. The van der Waals surface area contributed by atoms with Gasteiger partial charge in [0.1, 0.15) is 5.75 Å². The van der Waals surface area contributed by atoms with Gasteiger partial charge in [-0.25, -0.2) is 0 Å². The highest BCUT2D eigenvalue weighted by Gasteiger charge is 2.09. The fourth-order valence-electron chi connectivity index (χ4n) is 2.60. The van der Waals surface area contributed by atoms with Gasteiger partial charge in [-0.05, 0) is 43.5 Å².